The molecule has 0 spiro atoms. The molecular formula is C27H20F3N5O2. The molecule has 1 unspecified atom stereocenters. The van der Waals surface area contributed by atoms with E-state index in [0.29, 0.717) is 0 Å². The summed E-state index contributed by atoms with van der Waals surface area (Å²) >= 11 is 0. The predicted octanol–water partition coefficient (Wildman–Crippen LogP) is 5.05. The number of nitrogens with zero attached hydrogens (tertiary/aromatic N) is 3. The largest absolute Gasteiger partial charge is 0.416 e. The lowest BCUT2D eigenvalue weighted by Crippen LogP contribution is -2.28. The van der Waals surface area contributed by atoms with Crippen LogP contribution in [0.15, 0.2) is 66.7 Å². The number of carbonyl (C=O) groups is 2. The van der Waals surface area contributed by atoms with Gasteiger partial charge in [-0.2, -0.15) is 18.2 Å². The first-order valence-electron chi connectivity index (χ1n) is 11.7. The number of hydrogen-bond donors (Lipinski definition) is 2. The van der Waals surface area contributed by atoms with Gasteiger partial charge in [0.05, 0.1) is 11.5 Å². The first-order chi connectivity index (χ1) is 17.8. The molecule has 2 N–H and O–H groups in total. The molecule has 4 aromatic rings. The molecule has 37 heavy (non-hydrogen) atoms. The third-order valence-corrected chi connectivity index (χ3v) is 6.77. The Labute approximate surface area is 209 Å². The van der Waals surface area contributed by atoms with Gasteiger partial charge in [0, 0.05) is 24.2 Å². The Bertz CT molecular complexity index is 1550. The number of carbonyl (C=O) groups excluding carboxylic acids is 2. The molecule has 2 heterocycles. The van der Waals surface area contributed by atoms with E-state index in [0.717, 1.165) is 35.4 Å². The highest BCUT2D eigenvalue weighted by molar-refractivity contribution is 6.03. The molecule has 1 fully saturated rings. The molecule has 186 valence electrons. The number of alkyl halides is 3. The van der Waals surface area contributed by atoms with Gasteiger partial charge in [-0.1, -0.05) is 42.5 Å². The second-order valence-electron chi connectivity index (χ2n) is 9.16. The summed E-state index contributed by atoms with van der Waals surface area (Å²) in [6.07, 6.45) is -3.66. The van der Waals surface area contributed by atoms with Crippen LogP contribution in [0.25, 0.3) is 22.5 Å². The lowest BCUT2D eigenvalue weighted by molar-refractivity contribution is -0.137. The monoisotopic (exact) mass is 503 g/mol. The minimum Gasteiger partial charge on any atom is -0.312 e. The summed E-state index contributed by atoms with van der Waals surface area (Å²) in [5, 5.41) is 9.03. The Morgan fingerprint density at radius 1 is 1.00 bits per heavy atom. The molecule has 6 rings (SSSR count). The van der Waals surface area contributed by atoms with Crippen molar-refractivity contribution in [2.45, 2.75) is 19.0 Å². The van der Waals surface area contributed by atoms with E-state index in [1.54, 1.807) is 4.90 Å². The molecule has 0 saturated carbocycles. The quantitative estimate of drug-likeness (QED) is 0.359. The summed E-state index contributed by atoms with van der Waals surface area (Å²) in [6.45, 7) is 0.210. The number of rotatable bonds is 4. The Morgan fingerprint density at radius 3 is 2.65 bits per heavy atom. The zero-order valence-corrected chi connectivity index (χ0v) is 19.3. The fourth-order valence-electron chi connectivity index (χ4n) is 4.93. The number of aromatic amines is 1. The van der Waals surface area contributed by atoms with Crippen molar-refractivity contribution in [3.63, 3.8) is 0 Å². The molecule has 0 bridgehead atoms. The summed E-state index contributed by atoms with van der Waals surface area (Å²) in [4.78, 5) is 31.4. The van der Waals surface area contributed by atoms with Gasteiger partial charge in [0.1, 0.15) is 0 Å². The molecule has 1 aliphatic heterocycles. The van der Waals surface area contributed by atoms with Crippen molar-refractivity contribution in [3.05, 3.63) is 83.4 Å². The first-order valence-corrected chi connectivity index (χ1v) is 11.7. The molecular weight excluding hydrogens is 483 g/mol. The van der Waals surface area contributed by atoms with Crippen LogP contribution in [0, 0.1) is 5.92 Å². The standard InChI is InChI=1S/C27H20F3N5O2/c28-27(29,30)19-6-3-5-16(11-19)24-31-26(34-33-24)32-25(37)18-13-23(36)35(14-18)20-8-9-22-17(12-20)10-15-4-1-2-7-21(15)22/h1-9,11-12,18H,10,13-14H2,(H2,31,32,33,34,37). The molecule has 7 nitrogen and oxygen atoms in total. The highest BCUT2D eigenvalue weighted by Gasteiger charge is 2.36. The fourth-order valence-corrected chi connectivity index (χ4v) is 4.93. The normalized spacial score (nSPS) is 16.6. The van der Waals surface area contributed by atoms with Crippen molar-refractivity contribution in [3.8, 4) is 22.5 Å². The van der Waals surface area contributed by atoms with Gasteiger partial charge in [-0.15, -0.1) is 5.10 Å². The summed E-state index contributed by atoms with van der Waals surface area (Å²) < 4.78 is 39.0. The second-order valence-corrected chi connectivity index (χ2v) is 9.16. The lowest BCUT2D eigenvalue weighted by atomic mass is 10.1. The molecule has 1 atom stereocenters. The number of benzene rings is 3. The molecule has 1 saturated heterocycles. The van der Waals surface area contributed by atoms with Crippen LogP contribution in [-0.4, -0.2) is 33.5 Å². The van der Waals surface area contributed by atoms with Crippen LogP contribution in [0.4, 0.5) is 24.8 Å². The number of hydrogen-bond acceptors (Lipinski definition) is 4. The maximum absolute atomic E-state index is 13.0. The van der Waals surface area contributed by atoms with Crippen molar-refractivity contribution in [2.75, 3.05) is 16.8 Å². The Balaban J connectivity index is 1.14. The number of fused-ring (bicyclic) bond motifs is 3. The highest BCUT2D eigenvalue weighted by atomic mass is 19.4. The van der Waals surface area contributed by atoms with Crippen LogP contribution in [0.3, 0.4) is 0 Å². The minimum atomic E-state index is -4.49. The third kappa shape index (κ3) is 4.24. The molecule has 2 aliphatic rings. The molecule has 10 heteroatoms. The van der Waals surface area contributed by atoms with E-state index in [-0.39, 0.29) is 36.2 Å². The maximum atomic E-state index is 13.0. The lowest BCUT2D eigenvalue weighted by Gasteiger charge is -2.18. The number of H-pyrrole nitrogens is 1. The molecule has 0 radical (unpaired) electrons. The Kier molecular flexibility index (Phi) is 5.32. The molecule has 1 aliphatic carbocycles. The SMILES string of the molecule is O=C(Nc1n[nH]c(-c2cccc(C(F)(F)F)c2)n1)C1CC(=O)N(c2ccc3c(c2)Cc2ccccc2-3)C1. The van der Waals surface area contributed by atoms with E-state index < -0.39 is 23.6 Å². The van der Waals surface area contributed by atoms with Crippen molar-refractivity contribution in [1.29, 1.82) is 0 Å². The fraction of sp³-hybridized carbons (Fsp3) is 0.185. The van der Waals surface area contributed by atoms with Gasteiger partial charge in [0.2, 0.25) is 17.8 Å². The van der Waals surface area contributed by atoms with Crippen LogP contribution in [0.1, 0.15) is 23.1 Å². The summed E-state index contributed by atoms with van der Waals surface area (Å²) in [5.74, 6) is -1.19. The topological polar surface area (TPSA) is 91.0 Å². The summed E-state index contributed by atoms with van der Waals surface area (Å²) in [5.41, 5.74) is 4.86. The van der Waals surface area contributed by atoms with Gasteiger partial charge in [-0.05, 0) is 52.9 Å². The number of aromatic nitrogens is 3. The van der Waals surface area contributed by atoms with Gasteiger partial charge in [0.25, 0.3) is 0 Å². The summed E-state index contributed by atoms with van der Waals surface area (Å²) in [6, 6.07) is 18.8. The smallest absolute Gasteiger partial charge is 0.312 e. The Hall–Kier alpha value is -4.47. The van der Waals surface area contributed by atoms with E-state index >= 15 is 0 Å². The average Bonchev–Trinajstić information content (AvgIpc) is 3.60. The first kappa shape index (κ1) is 23.0. The predicted molar refractivity (Wildman–Crippen MR) is 131 cm³/mol. The highest BCUT2D eigenvalue weighted by Crippen LogP contribution is 2.39. The molecule has 2 amide bonds. The van der Waals surface area contributed by atoms with Gasteiger partial charge >= 0.3 is 6.18 Å². The van der Waals surface area contributed by atoms with E-state index in [1.807, 2.05) is 30.3 Å². The van der Waals surface area contributed by atoms with Gasteiger partial charge in [-0.3, -0.25) is 20.0 Å². The van der Waals surface area contributed by atoms with Gasteiger partial charge in [0.15, 0.2) is 5.82 Å². The van der Waals surface area contributed by atoms with Crippen molar-refractivity contribution >= 4 is 23.5 Å². The van der Waals surface area contributed by atoms with Crippen LogP contribution >= 0.6 is 0 Å². The van der Waals surface area contributed by atoms with E-state index in [4.69, 9.17) is 0 Å². The van der Waals surface area contributed by atoms with Gasteiger partial charge in [-0.25, -0.2) is 0 Å². The minimum absolute atomic E-state index is 0.0358. The third-order valence-electron chi connectivity index (χ3n) is 6.77. The van der Waals surface area contributed by atoms with Gasteiger partial charge < -0.3 is 4.90 Å². The van der Waals surface area contributed by atoms with E-state index in [9.17, 15) is 22.8 Å². The van der Waals surface area contributed by atoms with E-state index in [1.165, 1.54) is 23.3 Å². The number of anilines is 2. The van der Waals surface area contributed by atoms with Crippen LogP contribution in [-0.2, 0) is 22.2 Å². The zero-order valence-electron chi connectivity index (χ0n) is 19.3. The van der Waals surface area contributed by atoms with Crippen molar-refractivity contribution in [2.24, 2.45) is 5.92 Å². The van der Waals surface area contributed by atoms with Crippen molar-refractivity contribution < 1.29 is 22.8 Å². The number of nitrogens with one attached hydrogen (secondary N) is 2. The number of amides is 2. The zero-order chi connectivity index (χ0) is 25.7. The van der Waals surface area contributed by atoms with Crippen molar-refractivity contribution in [1.82, 2.24) is 15.2 Å². The van der Waals surface area contributed by atoms with Crippen LogP contribution in [0.5, 0.6) is 0 Å². The van der Waals surface area contributed by atoms with E-state index in [2.05, 4.69) is 32.6 Å². The Morgan fingerprint density at radius 2 is 1.81 bits per heavy atom. The summed E-state index contributed by atoms with van der Waals surface area (Å²) in [7, 11) is 0. The maximum Gasteiger partial charge on any atom is 0.416 e. The van der Waals surface area contributed by atoms with Crippen LogP contribution in [0.2, 0.25) is 0 Å². The number of halogens is 3. The average molecular weight is 503 g/mol. The second kappa shape index (κ2) is 8.58. The van der Waals surface area contributed by atoms with Crippen LogP contribution < -0.4 is 10.2 Å². The molecule has 1 aromatic heterocycles. The molecule has 3 aromatic carbocycles.